The maximum absolute atomic E-state index is 12.5. The van der Waals surface area contributed by atoms with Crippen LogP contribution in [0.15, 0.2) is 30.9 Å². The summed E-state index contributed by atoms with van der Waals surface area (Å²) in [6, 6.07) is 0.891. The van der Waals surface area contributed by atoms with Gasteiger partial charge < -0.3 is 5.11 Å². The zero-order valence-corrected chi connectivity index (χ0v) is 8.81. The molecule has 1 aromatic carbocycles. The molecule has 1 rings (SSSR count). The molecule has 100 valence electrons. The number of aliphatic hydroxyl groups excluding tert-OH is 1. The monoisotopic (exact) mass is 270 g/mol. The fraction of sp³-hybridized carbons (Fsp3) is 0.273. The highest BCUT2D eigenvalue weighted by atomic mass is 19.4. The number of rotatable bonds is 2. The molecule has 0 aliphatic carbocycles. The maximum atomic E-state index is 12.5. The van der Waals surface area contributed by atoms with Gasteiger partial charge in [-0.15, -0.1) is 6.58 Å². The first-order chi connectivity index (χ1) is 8.07. The van der Waals surface area contributed by atoms with Crippen LogP contribution in [0.1, 0.15) is 22.8 Å². The van der Waals surface area contributed by atoms with Crippen molar-refractivity contribution in [1.82, 2.24) is 0 Å². The SMILES string of the molecule is C=CC(O)c1cc(C(F)(F)F)ccc1C(F)(F)F. The van der Waals surface area contributed by atoms with Crippen molar-refractivity contribution in [3.05, 3.63) is 47.5 Å². The van der Waals surface area contributed by atoms with Crippen LogP contribution >= 0.6 is 0 Å². The molecule has 18 heavy (non-hydrogen) atoms. The normalized spacial score (nSPS) is 14.4. The molecule has 0 aromatic heterocycles. The molecule has 0 radical (unpaired) electrons. The predicted octanol–water partition coefficient (Wildman–Crippen LogP) is 3.94. The smallest absolute Gasteiger partial charge is 0.384 e. The Bertz CT molecular complexity index is 446. The zero-order valence-electron chi connectivity index (χ0n) is 8.81. The minimum atomic E-state index is -4.84. The topological polar surface area (TPSA) is 20.2 Å². The number of hydrogen-bond acceptors (Lipinski definition) is 1. The van der Waals surface area contributed by atoms with Gasteiger partial charge in [-0.3, -0.25) is 0 Å². The van der Waals surface area contributed by atoms with Crippen molar-refractivity contribution in [3.63, 3.8) is 0 Å². The molecule has 1 atom stereocenters. The minimum absolute atomic E-state index is 0.273. The lowest BCUT2D eigenvalue weighted by Gasteiger charge is -2.17. The largest absolute Gasteiger partial charge is 0.416 e. The van der Waals surface area contributed by atoms with Gasteiger partial charge in [0.05, 0.1) is 17.2 Å². The van der Waals surface area contributed by atoms with Gasteiger partial charge in [0.2, 0.25) is 0 Å². The van der Waals surface area contributed by atoms with Crippen molar-refractivity contribution in [2.75, 3.05) is 0 Å². The van der Waals surface area contributed by atoms with E-state index in [2.05, 4.69) is 6.58 Å². The standard InChI is InChI=1S/C11H8F6O/c1-2-9(18)7-5-6(10(12,13)14)3-4-8(7)11(15,16)17/h2-5,9,18H,1H2. The van der Waals surface area contributed by atoms with Crippen LogP contribution in [0.25, 0.3) is 0 Å². The summed E-state index contributed by atoms with van der Waals surface area (Å²) >= 11 is 0. The molecule has 1 unspecified atom stereocenters. The fourth-order valence-electron chi connectivity index (χ4n) is 1.37. The van der Waals surface area contributed by atoms with Crippen molar-refractivity contribution < 1.29 is 31.4 Å². The second-order valence-electron chi connectivity index (χ2n) is 3.48. The molecule has 0 fully saturated rings. The molecule has 0 heterocycles. The van der Waals surface area contributed by atoms with E-state index in [-0.39, 0.29) is 6.07 Å². The van der Waals surface area contributed by atoms with Crippen LogP contribution < -0.4 is 0 Å². The van der Waals surface area contributed by atoms with E-state index >= 15 is 0 Å². The van der Waals surface area contributed by atoms with Crippen molar-refractivity contribution >= 4 is 0 Å². The number of benzene rings is 1. The quantitative estimate of drug-likeness (QED) is 0.637. The predicted molar refractivity (Wildman–Crippen MR) is 51.6 cm³/mol. The molecule has 0 saturated heterocycles. The molecule has 1 N–H and O–H groups in total. The maximum Gasteiger partial charge on any atom is 0.416 e. The van der Waals surface area contributed by atoms with Crippen LogP contribution in [0.4, 0.5) is 26.3 Å². The first kappa shape index (κ1) is 14.6. The summed E-state index contributed by atoms with van der Waals surface area (Å²) in [5.41, 5.74) is -3.44. The summed E-state index contributed by atoms with van der Waals surface area (Å²) in [5.74, 6) is 0. The van der Waals surface area contributed by atoms with Gasteiger partial charge in [-0.25, -0.2) is 0 Å². The van der Waals surface area contributed by atoms with Crippen LogP contribution in [-0.4, -0.2) is 5.11 Å². The molecule has 7 heteroatoms. The van der Waals surface area contributed by atoms with Crippen molar-refractivity contribution in [3.8, 4) is 0 Å². The van der Waals surface area contributed by atoms with Crippen molar-refractivity contribution in [2.24, 2.45) is 0 Å². The Morgan fingerprint density at radius 2 is 1.61 bits per heavy atom. The number of alkyl halides is 6. The third-order valence-electron chi connectivity index (χ3n) is 2.23. The van der Waals surface area contributed by atoms with Gasteiger partial charge in [0.25, 0.3) is 0 Å². The molecule has 0 amide bonds. The van der Waals surface area contributed by atoms with Crippen molar-refractivity contribution in [2.45, 2.75) is 18.5 Å². The van der Waals surface area contributed by atoms with Gasteiger partial charge in [0, 0.05) is 0 Å². The van der Waals surface area contributed by atoms with Gasteiger partial charge in [0.15, 0.2) is 0 Å². The van der Waals surface area contributed by atoms with Crippen LogP contribution in [0.3, 0.4) is 0 Å². The lowest BCUT2D eigenvalue weighted by Crippen LogP contribution is -2.14. The van der Waals surface area contributed by atoms with Gasteiger partial charge in [0.1, 0.15) is 0 Å². The Kier molecular flexibility index (Phi) is 3.75. The average Bonchev–Trinajstić information content (AvgIpc) is 2.24. The highest BCUT2D eigenvalue weighted by Gasteiger charge is 2.37. The number of halogens is 6. The Balaban J connectivity index is 3.44. The molecule has 0 aliphatic rings. The molecule has 0 aliphatic heterocycles. The Morgan fingerprint density at radius 3 is 2.00 bits per heavy atom. The summed E-state index contributed by atoms with van der Waals surface area (Å²) in [4.78, 5) is 0. The van der Waals surface area contributed by atoms with E-state index in [4.69, 9.17) is 0 Å². The van der Waals surface area contributed by atoms with Crippen LogP contribution in [-0.2, 0) is 12.4 Å². The molecular formula is C11H8F6O. The van der Waals surface area contributed by atoms with E-state index in [9.17, 15) is 31.4 Å². The highest BCUT2D eigenvalue weighted by Crippen LogP contribution is 2.38. The first-order valence-electron chi connectivity index (χ1n) is 4.66. The third kappa shape index (κ3) is 3.04. The second-order valence-corrected chi connectivity index (χ2v) is 3.48. The Hall–Kier alpha value is -1.50. The van der Waals surface area contributed by atoms with Gasteiger partial charge in [-0.1, -0.05) is 6.08 Å². The third-order valence-corrected chi connectivity index (χ3v) is 2.23. The highest BCUT2D eigenvalue weighted by molar-refractivity contribution is 5.38. The first-order valence-corrected chi connectivity index (χ1v) is 4.66. The fourth-order valence-corrected chi connectivity index (χ4v) is 1.37. The number of hydrogen-bond donors (Lipinski definition) is 1. The molecule has 0 bridgehead atoms. The lowest BCUT2D eigenvalue weighted by molar-refractivity contribution is -0.142. The Morgan fingerprint density at radius 1 is 1.06 bits per heavy atom. The summed E-state index contributed by atoms with van der Waals surface area (Å²) in [6.45, 7) is 3.05. The van der Waals surface area contributed by atoms with E-state index in [1.54, 1.807) is 0 Å². The average molecular weight is 270 g/mol. The zero-order chi connectivity index (χ0) is 14.1. The molecule has 0 saturated carbocycles. The van der Waals surface area contributed by atoms with E-state index in [0.717, 1.165) is 6.08 Å². The molecular weight excluding hydrogens is 262 g/mol. The van der Waals surface area contributed by atoms with E-state index < -0.39 is 35.1 Å². The summed E-state index contributed by atoms with van der Waals surface area (Å²) in [7, 11) is 0. The van der Waals surface area contributed by atoms with Crippen LogP contribution in [0.5, 0.6) is 0 Å². The van der Waals surface area contributed by atoms with Gasteiger partial charge >= 0.3 is 12.4 Å². The van der Waals surface area contributed by atoms with E-state index in [1.165, 1.54) is 0 Å². The molecule has 1 aromatic rings. The van der Waals surface area contributed by atoms with Crippen LogP contribution in [0, 0.1) is 0 Å². The van der Waals surface area contributed by atoms with E-state index in [1.807, 2.05) is 0 Å². The number of aliphatic hydroxyl groups is 1. The summed E-state index contributed by atoms with van der Waals surface area (Å²) < 4.78 is 74.8. The van der Waals surface area contributed by atoms with Gasteiger partial charge in [-0.05, 0) is 23.8 Å². The van der Waals surface area contributed by atoms with Crippen molar-refractivity contribution in [1.29, 1.82) is 0 Å². The molecule has 0 spiro atoms. The summed E-state index contributed by atoms with van der Waals surface area (Å²) in [5, 5.41) is 9.28. The van der Waals surface area contributed by atoms with Gasteiger partial charge in [-0.2, -0.15) is 26.3 Å². The second kappa shape index (κ2) is 4.64. The minimum Gasteiger partial charge on any atom is -0.384 e. The van der Waals surface area contributed by atoms with E-state index in [0.29, 0.717) is 12.1 Å². The molecule has 1 nitrogen and oxygen atoms in total. The Labute approximate surface area is 98.4 Å². The van der Waals surface area contributed by atoms with Crippen LogP contribution in [0.2, 0.25) is 0 Å². The lowest BCUT2D eigenvalue weighted by atomic mass is 9.98. The summed E-state index contributed by atoms with van der Waals surface area (Å²) in [6.07, 6.45) is -10.7.